The van der Waals surface area contributed by atoms with Gasteiger partial charge in [0.05, 0.1) is 25.1 Å². The van der Waals surface area contributed by atoms with Gasteiger partial charge in [-0.1, -0.05) is 4.98 Å². The van der Waals surface area contributed by atoms with Crippen molar-refractivity contribution in [3.63, 3.8) is 0 Å². The van der Waals surface area contributed by atoms with Crippen molar-refractivity contribution in [2.24, 2.45) is 0 Å². The van der Waals surface area contributed by atoms with Crippen LogP contribution >= 0.6 is 0 Å². The molecule has 2 aliphatic heterocycles. The van der Waals surface area contributed by atoms with Crippen LogP contribution in [0.4, 0.5) is 11.9 Å². The summed E-state index contributed by atoms with van der Waals surface area (Å²) in [6, 6.07) is -1.34. The number of H-pyrrole nitrogens is 3. The maximum Gasteiger partial charge on any atom is 0.313 e. The number of imidazole rings is 2. The molecule has 4 aromatic heterocycles. The minimum absolute atomic E-state index is 0.0175. The second-order valence-electron chi connectivity index (χ2n) is 9.77. The Balaban J connectivity index is 1.14. The molecule has 0 spiro atoms. The first kappa shape index (κ1) is 28.1. The van der Waals surface area contributed by atoms with E-state index in [-0.39, 0.29) is 47.2 Å². The molecule has 22 heteroatoms. The molecule has 0 bridgehead atoms. The Morgan fingerprint density at radius 2 is 1.86 bits per heavy atom. The van der Waals surface area contributed by atoms with E-state index in [9.17, 15) is 33.3 Å². The highest BCUT2D eigenvalue weighted by Crippen LogP contribution is 2.31. The summed E-state index contributed by atoms with van der Waals surface area (Å²) in [6.07, 6.45) is -4.28. The summed E-state index contributed by atoms with van der Waals surface area (Å²) >= 11 is 0. The van der Waals surface area contributed by atoms with Crippen LogP contribution in [-0.4, -0.2) is 102 Å². The molecular weight excluding hydrogens is 584 g/mol. The third-order valence-corrected chi connectivity index (χ3v) is 8.20. The second kappa shape index (κ2) is 10.4. The van der Waals surface area contributed by atoms with Gasteiger partial charge in [0, 0.05) is 13.0 Å². The number of aliphatic hydroxyl groups excluding tert-OH is 3. The van der Waals surface area contributed by atoms with Crippen LogP contribution < -0.4 is 36.6 Å². The van der Waals surface area contributed by atoms with Crippen molar-refractivity contribution in [3.8, 4) is 0 Å². The number of nitrogens with two attached hydrogens (primary N) is 2. The molecular formula is C20H27N12O9S+. The number of aromatic nitrogens is 8. The fourth-order valence-electron chi connectivity index (χ4n) is 5.10. The molecule has 7 atom stereocenters. The van der Waals surface area contributed by atoms with E-state index < -0.39 is 70.8 Å². The van der Waals surface area contributed by atoms with Crippen LogP contribution in [0.5, 0.6) is 0 Å². The molecule has 2 saturated heterocycles. The largest absolute Gasteiger partial charge is 0.394 e. The standard InChI is InChI=1S/C20H26N12O9S/c21-19-26-14-11(16(36)28-19)23-4-31(14)9-1-6(34)7(40-9)2-25-42(38,39)30-10-8(3-33)41-18(13(10)35)32-5-24-12-15(32)27-20(22)29-17(12)37/h4-10,13,18,25,30,33-35H,1-3H2,(H6,21,22,26,27,28,29,36,37)/p+1. The number of anilines is 2. The van der Waals surface area contributed by atoms with Gasteiger partial charge >= 0.3 is 5.65 Å². The molecule has 2 aliphatic rings. The fourth-order valence-corrected chi connectivity index (χ4v) is 6.21. The zero-order chi connectivity index (χ0) is 29.9. The number of nitrogen functional groups attached to an aromatic ring is 2. The zero-order valence-corrected chi connectivity index (χ0v) is 22.2. The van der Waals surface area contributed by atoms with Crippen molar-refractivity contribution in [3.05, 3.63) is 33.4 Å². The summed E-state index contributed by atoms with van der Waals surface area (Å²) in [5.41, 5.74) is 10.3. The third kappa shape index (κ3) is 4.88. The van der Waals surface area contributed by atoms with E-state index in [2.05, 4.69) is 39.3 Å². The molecule has 21 nitrogen and oxygen atoms in total. The molecule has 6 heterocycles. The molecule has 12 N–H and O–H groups in total. The number of aliphatic hydroxyl groups is 3. The lowest BCUT2D eigenvalue weighted by Gasteiger charge is -2.22. The average molecular weight is 612 g/mol. The van der Waals surface area contributed by atoms with Crippen LogP contribution in [-0.2, 0) is 19.7 Å². The molecule has 42 heavy (non-hydrogen) atoms. The summed E-state index contributed by atoms with van der Waals surface area (Å²) in [5, 5.41) is 31.4. The van der Waals surface area contributed by atoms with E-state index >= 15 is 0 Å². The number of rotatable bonds is 8. The predicted molar refractivity (Wildman–Crippen MR) is 139 cm³/mol. The Hall–Kier alpha value is -4.03. The molecule has 2 fully saturated rings. The molecule has 6 rings (SSSR count). The van der Waals surface area contributed by atoms with E-state index in [1.165, 1.54) is 21.8 Å². The highest BCUT2D eigenvalue weighted by Gasteiger charge is 2.47. The first-order valence-electron chi connectivity index (χ1n) is 12.5. The third-order valence-electron chi connectivity index (χ3n) is 7.07. The zero-order valence-electron chi connectivity index (χ0n) is 21.4. The van der Waals surface area contributed by atoms with Gasteiger partial charge in [-0.05, 0) is 0 Å². The van der Waals surface area contributed by atoms with Crippen molar-refractivity contribution in [2.75, 3.05) is 24.6 Å². The number of ether oxygens (including phenoxy) is 2. The van der Waals surface area contributed by atoms with E-state index in [0.29, 0.717) is 0 Å². The first-order valence-corrected chi connectivity index (χ1v) is 14.0. The summed E-state index contributed by atoms with van der Waals surface area (Å²) in [5.74, 6) is -0.329. The maximum atomic E-state index is 12.9. The van der Waals surface area contributed by atoms with Crippen molar-refractivity contribution in [1.29, 1.82) is 0 Å². The van der Waals surface area contributed by atoms with Crippen LogP contribution in [0.3, 0.4) is 0 Å². The number of aromatic amines is 3. The van der Waals surface area contributed by atoms with Gasteiger partial charge in [0.2, 0.25) is 11.5 Å². The highest BCUT2D eigenvalue weighted by molar-refractivity contribution is 7.87. The summed E-state index contributed by atoms with van der Waals surface area (Å²) < 4.78 is 44.6. The van der Waals surface area contributed by atoms with Gasteiger partial charge in [0.1, 0.15) is 18.3 Å². The lowest BCUT2D eigenvalue weighted by atomic mass is 10.1. The minimum atomic E-state index is -4.36. The monoisotopic (exact) mass is 611 g/mol. The second-order valence-corrected chi connectivity index (χ2v) is 11.3. The number of nitrogens with one attached hydrogen (secondary N) is 5. The van der Waals surface area contributed by atoms with E-state index in [0.717, 1.165) is 0 Å². The van der Waals surface area contributed by atoms with E-state index in [4.69, 9.17) is 20.9 Å². The van der Waals surface area contributed by atoms with Gasteiger partial charge in [-0.3, -0.25) is 29.1 Å². The van der Waals surface area contributed by atoms with Crippen LogP contribution in [0, 0.1) is 0 Å². The minimum Gasteiger partial charge on any atom is -0.394 e. The van der Waals surface area contributed by atoms with Crippen molar-refractivity contribution < 1.29 is 37.8 Å². The van der Waals surface area contributed by atoms with Crippen LogP contribution in [0.2, 0.25) is 0 Å². The normalized spacial score (nSPS) is 28.3. The van der Waals surface area contributed by atoms with E-state index in [1.807, 2.05) is 0 Å². The number of hydrogen-bond acceptors (Lipinski definition) is 14. The molecule has 0 saturated carbocycles. The molecule has 0 amide bonds. The summed E-state index contributed by atoms with van der Waals surface area (Å²) in [6.45, 7) is -1.04. The first-order chi connectivity index (χ1) is 20.0. The lowest BCUT2D eigenvalue weighted by Crippen LogP contribution is -2.53. The van der Waals surface area contributed by atoms with Gasteiger partial charge in [-0.2, -0.15) is 22.8 Å². The number of fused-ring (bicyclic) bond motifs is 2. The smallest absolute Gasteiger partial charge is 0.313 e. The Morgan fingerprint density at radius 1 is 1.12 bits per heavy atom. The number of nitrogens with zero attached hydrogens (tertiary/aromatic N) is 5. The topological polar surface area (TPSA) is 318 Å². The van der Waals surface area contributed by atoms with Gasteiger partial charge in [-0.15, -0.1) is 0 Å². The number of hydrogen-bond donors (Lipinski definition) is 10. The fraction of sp³-hybridized carbons (Fsp3) is 0.500. The average Bonchev–Trinajstić information content (AvgIpc) is 3.68. The van der Waals surface area contributed by atoms with Gasteiger partial charge in [-0.25, -0.2) is 9.55 Å². The Bertz CT molecular complexity index is 1870. The van der Waals surface area contributed by atoms with Crippen LogP contribution in [0.15, 0.2) is 22.2 Å². The van der Waals surface area contributed by atoms with Gasteiger partial charge in [0.15, 0.2) is 29.9 Å². The predicted octanol–water partition coefficient (Wildman–Crippen LogP) is -5.47. The Kier molecular flexibility index (Phi) is 6.93. The lowest BCUT2D eigenvalue weighted by molar-refractivity contribution is -0.738. The quantitative estimate of drug-likeness (QED) is 0.0831. The molecule has 226 valence electrons. The SMILES string of the molecule is Nc1nc2c(ncn2C2OC(CO)C(NS(=O)(=O)NCC3OC([n+]4c[nH]c5c(=O)[nH]c(N)nc54)CC3O)C2O)c(=O)[nH]1. The highest BCUT2D eigenvalue weighted by atomic mass is 32.2. The molecule has 7 unspecified atom stereocenters. The molecule has 0 aliphatic carbocycles. The van der Waals surface area contributed by atoms with Gasteiger partial charge in [0.25, 0.3) is 27.3 Å². The van der Waals surface area contributed by atoms with Crippen molar-refractivity contribution in [1.82, 2.24) is 43.9 Å². The molecule has 0 aromatic carbocycles. The Morgan fingerprint density at radius 3 is 2.62 bits per heavy atom. The van der Waals surface area contributed by atoms with Crippen molar-refractivity contribution in [2.45, 2.75) is 49.3 Å². The summed E-state index contributed by atoms with van der Waals surface area (Å²) in [7, 11) is -4.36. The summed E-state index contributed by atoms with van der Waals surface area (Å²) in [4.78, 5) is 43.6. The van der Waals surface area contributed by atoms with Gasteiger partial charge < -0.3 is 36.3 Å². The van der Waals surface area contributed by atoms with Crippen LogP contribution in [0.25, 0.3) is 22.3 Å². The molecule has 0 radical (unpaired) electrons. The Labute approximate surface area is 233 Å². The van der Waals surface area contributed by atoms with Crippen LogP contribution in [0.1, 0.15) is 18.9 Å². The maximum absolute atomic E-state index is 12.9. The molecule has 4 aromatic rings. The van der Waals surface area contributed by atoms with E-state index in [1.54, 1.807) is 0 Å². The van der Waals surface area contributed by atoms with Crippen molar-refractivity contribution >= 4 is 44.4 Å².